The van der Waals surface area contributed by atoms with Crippen LogP contribution >= 0.6 is 0 Å². The molecule has 9 N–H and O–H groups in total. The highest BCUT2D eigenvalue weighted by molar-refractivity contribution is 5.91. The van der Waals surface area contributed by atoms with Gasteiger partial charge < -0.3 is 88.6 Å². The number of hydrogen-bond donors (Lipinski definition) is 9. The topological polar surface area (TPSA) is 316 Å². The summed E-state index contributed by atoms with van der Waals surface area (Å²) in [4.78, 5) is 39.5. The number of carbonyl (C=O) groups excluding carboxylic acids is 3. The molecule has 0 aliphatic carbocycles. The molecule has 0 bridgehead atoms. The highest BCUT2D eigenvalue weighted by atomic mass is 16.8. The fourth-order valence-corrected chi connectivity index (χ4v) is 6.48. The molecule has 2 aromatic rings. The minimum absolute atomic E-state index is 0.0287. The van der Waals surface area contributed by atoms with Crippen LogP contribution in [-0.4, -0.2) is 172 Å². The number of aromatic hydroxyl groups is 1. The molecule has 0 amide bonds. The van der Waals surface area contributed by atoms with E-state index in [0.717, 1.165) is 18.9 Å². The van der Waals surface area contributed by atoms with Crippen LogP contribution in [0.5, 0.6) is 17.2 Å². The summed E-state index contributed by atoms with van der Waals surface area (Å²) in [6.07, 6.45) is -16.0. The van der Waals surface area contributed by atoms with E-state index < -0.39 is 118 Å². The largest absolute Gasteiger partial charge is 0.508 e. The van der Waals surface area contributed by atoms with Gasteiger partial charge in [-0.3, -0.25) is 4.79 Å². The number of ether oxygens (including phenoxy) is 9. The van der Waals surface area contributed by atoms with Crippen molar-refractivity contribution in [3.8, 4) is 17.2 Å². The number of carbonyl (C=O) groups is 3. The van der Waals surface area contributed by atoms with Crippen molar-refractivity contribution in [1.82, 2.24) is 0 Å². The van der Waals surface area contributed by atoms with Crippen molar-refractivity contribution >= 4 is 17.9 Å². The predicted molar refractivity (Wildman–Crippen MR) is 196 cm³/mol. The van der Waals surface area contributed by atoms with Crippen LogP contribution in [0.25, 0.3) is 0 Å². The van der Waals surface area contributed by atoms with Crippen molar-refractivity contribution in [2.75, 3.05) is 40.6 Å². The Bertz CT molecular complexity index is 1830. The molecular weight excluding hydrogens is 804 g/mol. The molecule has 0 radical (unpaired) electrons. The van der Waals surface area contributed by atoms with Crippen molar-refractivity contribution in [3.63, 3.8) is 0 Å². The van der Waals surface area contributed by atoms with Crippen LogP contribution in [0, 0.1) is 5.92 Å². The molecule has 3 aliphatic heterocycles. The van der Waals surface area contributed by atoms with Gasteiger partial charge in [0.1, 0.15) is 61.2 Å². The lowest BCUT2D eigenvalue weighted by Gasteiger charge is -2.42. The number of esters is 3. The van der Waals surface area contributed by atoms with Gasteiger partial charge in [0.2, 0.25) is 12.6 Å². The number of hydrogen-bond acceptors (Lipinski definition) is 21. The van der Waals surface area contributed by atoms with Crippen molar-refractivity contribution in [2.24, 2.45) is 5.92 Å². The molecule has 2 saturated heterocycles. The molecule has 2 aromatic carbocycles. The molecule has 12 atom stereocenters. The molecule has 2 fully saturated rings. The van der Waals surface area contributed by atoms with E-state index in [0.29, 0.717) is 0 Å². The second kappa shape index (κ2) is 21.1. The number of aliphatic hydroxyl groups is 8. The van der Waals surface area contributed by atoms with Gasteiger partial charge in [-0.15, -0.1) is 0 Å². The molecule has 0 aromatic heterocycles. The Balaban J connectivity index is 1.36. The van der Waals surface area contributed by atoms with E-state index in [-0.39, 0.29) is 47.0 Å². The number of benzene rings is 2. The summed E-state index contributed by atoms with van der Waals surface area (Å²) >= 11 is 0. The van der Waals surface area contributed by atoms with Crippen LogP contribution in [0.2, 0.25) is 0 Å². The van der Waals surface area contributed by atoms with Crippen molar-refractivity contribution in [1.29, 1.82) is 0 Å². The van der Waals surface area contributed by atoms with Crippen LogP contribution in [0.1, 0.15) is 22.3 Å². The molecular formula is C39H48O21. The maximum Gasteiger partial charge on any atom is 0.338 e. The highest BCUT2D eigenvalue weighted by Crippen LogP contribution is 2.37. The third-order valence-electron chi connectivity index (χ3n) is 9.88. The van der Waals surface area contributed by atoms with E-state index in [1.54, 1.807) is 12.1 Å². The maximum atomic E-state index is 13.3. The average Bonchev–Trinajstić information content (AvgIpc) is 3.25. The number of phenolic OH excluding ortho intramolecular Hbond substituents is 1. The number of methoxy groups -OCH3 is 2. The SMILES string of the molecule is COC(=O)C1=COC(OC2OC(CO)C(O)C(O)C2O)C(=CCOC(=O)c2ccc(OC3OC(CO)C(O)C(O)C3O)c(OC)c2)C1CC(=O)OCCc1ccc(O)cc1. The monoisotopic (exact) mass is 852 g/mol. The van der Waals surface area contributed by atoms with Gasteiger partial charge in [-0.2, -0.15) is 0 Å². The van der Waals surface area contributed by atoms with Crippen LogP contribution in [0.3, 0.4) is 0 Å². The van der Waals surface area contributed by atoms with E-state index in [1.807, 2.05) is 0 Å². The number of rotatable bonds is 16. The summed E-state index contributed by atoms with van der Waals surface area (Å²) in [6.45, 7) is -2.10. The quantitative estimate of drug-likeness (QED) is 0.0486. The van der Waals surface area contributed by atoms with E-state index in [4.69, 9.17) is 42.6 Å². The van der Waals surface area contributed by atoms with Crippen molar-refractivity contribution in [3.05, 3.63) is 77.1 Å². The minimum Gasteiger partial charge on any atom is -0.508 e. The molecule has 330 valence electrons. The zero-order valence-corrected chi connectivity index (χ0v) is 32.3. The second-order valence-electron chi connectivity index (χ2n) is 13.7. The smallest absolute Gasteiger partial charge is 0.338 e. The predicted octanol–water partition coefficient (Wildman–Crippen LogP) is -2.32. The zero-order chi connectivity index (χ0) is 43.7. The van der Waals surface area contributed by atoms with Gasteiger partial charge in [0.15, 0.2) is 17.8 Å². The summed E-state index contributed by atoms with van der Waals surface area (Å²) in [7, 11) is 2.34. The Kier molecular flexibility index (Phi) is 16.2. The van der Waals surface area contributed by atoms with E-state index >= 15 is 0 Å². The van der Waals surface area contributed by atoms with Crippen molar-refractivity contribution in [2.45, 2.75) is 80.5 Å². The lowest BCUT2D eigenvalue weighted by Crippen LogP contribution is -2.60. The normalized spacial score (nSPS) is 31.0. The molecule has 5 rings (SSSR count). The molecule has 21 nitrogen and oxygen atoms in total. The fraction of sp³-hybridized carbons (Fsp3) is 0.513. The first kappa shape index (κ1) is 46.2. The van der Waals surface area contributed by atoms with Crippen LogP contribution in [-0.2, 0) is 49.2 Å². The van der Waals surface area contributed by atoms with Gasteiger partial charge in [0, 0.05) is 17.9 Å². The van der Waals surface area contributed by atoms with Crippen LogP contribution in [0.15, 0.2) is 65.9 Å². The van der Waals surface area contributed by atoms with Crippen molar-refractivity contribution < 1.29 is 103 Å². The molecule has 12 unspecified atom stereocenters. The Morgan fingerprint density at radius 2 is 1.38 bits per heavy atom. The van der Waals surface area contributed by atoms with E-state index in [2.05, 4.69) is 0 Å². The van der Waals surface area contributed by atoms with Crippen LogP contribution in [0.4, 0.5) is 0 Å². The summed E-state index contributed by atoms with van der Waals surface area (Å²) in [6, 6.07) is 9.99. The van der Waals surface area contributed by atoms with Gasteiger partial charge in [0.25, 0.3) is 0 Å². The summed E-state index contributed by atoms with van der Waals surface area (Å²) in [5.41, 5.74) is 0.466. The molecule has 0 saturated carbocycles. The van der Waals surface area contributed by atoms with Gasteiger partial charge >= 0.3 is 17.9 Å². The zero-order valence-electron chi connectivity index (χ0n) is 32.3. The second-order valence-corrected chi connectivity index (χ2v) is 13.7. The van der Waals surface area contributed by atoms with Gasteiger partial charge in [-0.25, -0.2) is 9.59 Å². The highest BCUT2D eigenvalue weighted by Gasteiger charge is 2.48. The minimum atomic E-state index is -1.87. The fourth-order valence-electron chi connectivity index (χ4n) is 6.48. The molecule has 21 heteroatoms. The van der Waals surface area contributed by atoms with E-state index in [1.165, 1.54) is 43.5 Å². The van der Waals surface area contributed by atoms with E-state index in [9.17, 15) is 60.3 Å². The first-order valence-corrected chi connectivity index (χ1v) is 18.6. The van der Waals surface area contributed by atoms with Gasteiger partial charge in [-0.1, -0.05) is 12.1 Å². The average molecular weight is 853 g/mol. The third kappa shape index (κ3) is 10.9. The summed E-state index contributed by atoms with van der Waals surface area (Å²) in [5, 5.41) is 90.6. The first-order chi connectivity index (χ1) is 28.7. The number of aliphatic hydroxyl groups excluding tert-OH is 8. The Morgan fingerprint density at radius 1 is 0.750 bits per heavy atom. The third-order valence-corrected chi connectivity index (χ3v) is 9.88. The Morgan fingerprint density at radius 3 is 2.00 bits per heavy atom. The van der Waals surface area contributed by atoms with Gasteiger partial charge in [-0.05, 0) is 42.0 Å². The molecule has 60 heavy (non-hydrogen) atoms. The van der Waals surface area contributed by atoms with Crippen LogP contribution < -0.4 is 9.47 Å². The summed E-state index contributed by atoms with van der Waals surface area (Å²) < 4.78 is 49.2. The standard InChI is InChI=1S/C39H48O21/c1-52-25-13-19(5-8-24(25)57-38-33(48)31(46)29(44)26(15-40)58-38)35(50)55-12-10-21-22(14-28(43)54-11-9-18-3-6-20(42)7-4-18)23(36(51)53-2)17-56-37(21)60-39-34(49)32(47)30(45)27(16-41)59-39/h3-8,10,13,17,22,26-27,29-34,37-42,44-49H,9,11-12,14-16H2,1-2H3. The number of phenols is 1. The summed E-state index contributed by atoms with van der Waals surface area (Å²) in [5.74, 6) is -3.91. The molecule has 3 heterocycles. The lowest BCUT2D eigenvalue weighted by atomic mass is 9.86. The van der Waals surface area contributed by atoms with Gasteiger partial charge in [0.05, 0.1) is 57.9 Å². The lowest BCUT2D eigenvalue weighted by molar-refractivity contribution is -0.327. The maximum absolute atomic E-state index is 13.3. The first-order valence-electron chi connectivity index (χ1n) is 18.6. The Hall–Kier alpha value is -4.91. The molecule has 3 aliphatic rings. The molecule has 0 spiro atoms. The Labute approximate surface area is 342 Å².